The summed E-state index contributed by atoms with van der Waals surface area (Å²) in [5, 5.41) is 12.1. The average molecular weight is 390 g/mol. The molecule has 144 valence electrons. The first-order valence-corrected chi connectivity index (χ1v) is 10.0. The molecule has 1 saturated carbocycles. The molecule has 2 aromatic rings. The molecule has 1 amide bonds. The Labute approximate surface area is 163 Å². The summed E-state index contributed by atoms with van der Waals surface area (Å²) in [6.45, 7) is 1.37. The molecule has 2 heterocycles. The van der Waals surface area contributed by atoms with Crippen LogP contribution in [0.15, 0.2) is 28.7 Å². The van der Waals surface area contributed by atoms with E-state index in [1.165, 1.54) is 0 Å². The van der Waals surface area contributed by atoms with Gasteiger partial charge in [-0.15, -0.1) is 10.2 Å². The van der Waals surface area contributed by atoms with Gasteiger partial charge in [-0.25, -0.2) is 0 Å². The fourth-order valence-corrected chi connectivity index (χ4v) is 3.94. The molecular weight excluding hydrogens is 366 g/mol. The summed E-state index contributed by atoms with van der Waals surface area (Å²) in [6.07, 6.45) is 6.12. The lowest BCUT2D eigenvalue weighted by molar-refractivity contribution is -0.121. The van der Waals surface area contributed by atoms with Crippen LogP contribution < -0.4 is 5.32 Å². The van der Waals surface area contributed by atoms with Crippen LogP contribution in [-0.2, 0) is 21.4 Å². The van der Waals surface area contributed by atoms with Crippen molar-refractivity contribution < 1.29 is 13.9 Å². The average Bonchev–Trinajstić information content (AvgIpc) is 3.31. The lowest BCUT2D eigenvalue weighted by atomic mass is 9.64. The van der Waals surface area contributed by atoms with Gasteiger partial charge in [0.2, 0.25) is 17.7 Å². The van der Waals surface area contributed by atoms with Crippen molar-refractivity contribution in [1.82, 2.24) is 15.5 Å². The van der Waals surface area contributed by atoms with Crippen LogP contribution in [0.1, 0.15) is 55.9 Å². The van der Waals surface area contributed by atoms with Crippen molar-refractivity contribution in [3.8, 4) is 0 Å². The Morgan fingerprint density at radius 1 is 1.22 bits per heavy atom. The van der Waals surface area contributed by atoms with Gasteiger partial charge < -0.3 is 14.5 Å². The van der Waals surface area contributed by atoms with E-state index in [-0.39, 0.29) is 17.4 Å². The lowest BCUT2D eigenvalue weighted by Crippen LogP contribution is -2.35. The number of carbonyl (C=O) groups excluding carboxylic acids is 1. The largest absolute Gasteiger partial charge is 0.424 e. The molecule has 27 heavy (non-hydrogen) atoms. The van der Waals surface area contributed by atoms with Gasteiger partial charge in [-0.3, -0.25) is 4.79 Å². The number of amides is 1. The summed E-state index contributed by atoms with van der Waals surface area (Å²) >= 11 is 6.01. The molecule has 2 fully saturated rings. The lowest BCUT2D eigenvalue weighted by Gasteiger charge is -2.39. The van der Waals surface area contributed by atoms with Gasteiger partial charge in [0.15, 0.2) is 0 Å². The van der Waals surface area contributed by atoms with Crippen molar-refractivity contribution >= 4 is 17.5 Å². The van der Waals surface area contributed by atoms with E-state index >= 15 is 0 Å². The topological polar surface area (TPSA) is 77.2 Å². The van der Waals surface area contributed by atoms with Crippen LogP contribution in [-0.4, -0.2) is 35.4 Å². The van der Waals surface area contributed by atoms with Crippen LogP contribution in [0.3, 0.4) is 0 Å². The molecule has 1 unspecified atom stereocenters. The number of hydrogen-bond donors (Lipinski definition) is 1. The zero-order chi connectivity index (χ0) is 18.7. The number of carbonyl (C=O) groups is 1. The van der Waals surface area contributed by atoms with Crippen molar-refractivity contribution in [2.24, 2.45) is 0 Å². The number of nitrogens with one attached hydrogen (secondary N) is 1. The van der Waals surface area contributed by atoms with E-state index in [1.807, 2.05) is 24.3 Å². The third-order valence-electron chi connectivity index (χ3n) is 5.60. The molecule has 6 nitrogen and oxygen atoms in total. The monoisotopic (exact) mass is 389 g/mol. The first-order chi connectivity index (χ1) is 13.2. The summed E-state index contributed by atoms with van der Waals surface area (Å²) in [4.78, 5) is 12.0. The molecule has 2 aliphatic rings. The van der Waals surface area contributed by atoms with E-state index in [9.17, 15) is 4.79 Å². The molecule has 1 N–H and O–H groups in total. The van der Waals surface area contributed by atoms with Crippen molar-refractivity contribution in [2.45, 2.75) is 56.5 Å². The van der Waals surface area contributed by atoms with Gasteiger partial charge >= 0.3 is 0 Å². The van der Waals surface area contributed by atoms with E-state index in [1.54, 1.807) is 0 Å². The van der Waals surface area contributed by atoms with Crippen LogP contribution in [0.5, 0.6) is 0 Å². The highest BCUT2D eigenvalue weighted by atomic mass is 35.5. The molecule has 1 aromatic heterocycles. The second-order valence-corrected chi connectivity index (χ2v) is 7.82. The fourth-order valence-electron chi connectivity index (χ4n) is 3.82. The van der Waals surface area contributed by atoms with E-state index in [4.69, 9.17) is 20.8 Å². The second-order valence-electron chi connectivity index (χ2n) is 7.38. The van der Waals surface area contributed by atoms with Gasteiger partial charge in [0.25, 0.3) is 0 Å². The second kappa shape index (κ2) is 7.98. The van der Waals surface area contributed by atoms with Crippen LogP contribution in [0.4, 0.5) is 0 Å². The Hall–Kier alpha value is -1.92. The summed E-state index contributed by atoms with van der Waals surface area (Å²) in [5.74, 6) is 1.14. The predicted octanol–water partition coefficient (Wildman–Crippen LogP) is 3.42. The standard InChI is InChI=1S/C20H24ClN3O3/c21-15-6-4-14(5-7-15)20(10-2-11-20)19-24-23-18(27-19)9-8-17(25)22-13-16-3-1-12-26-16/h4-7,16H,1-3,8-13H2,(H,22,25). The van der Waals surface area contributed by atoms with Crippen molar-refractivity contribution in [2.75, 3.05) is 13.2 Å². The normalized spacial score (nSPS) is 21.0. The summed E-state index contributed by atoms with van der Waals surface area (Å²) < 4.78 is 11.5. The van der Waals surface area contributed by atoms with Gasteiger partial charge in [0.1, 0.15) is 0 Å². The molecule has 1 aromatic carbocycles. The van der Waals surface area contributed by atoms with Gasteiger partial charge in [0, 0.05) is 31.0 Å². The van der Waals surface area contributed by atoms with Crippen LogP contribution >= 0.6 is 11.6 Å². The Balaban J connectivity index is 1.35. The summed E-state index contributed by atoms with van der Waals surface area (Å²) in [5.41, 5.74) is 0.945. The maximum absolute atomic E-state index is 12.0. The molecule has 0 spiro atoms. The van der Waals surface area contributed by atoms with E-state index in [2.05, 4.69) is 15.5 Å². The zero-order valence-corrected chi connectivity index (χ0v) is 16.0. The third-order valence-corrected chi connectivity index (χ3v) is 5.85. The van der Waals surface area contributed by atoms with Crippen molar-refractivity contribution in [3.05, 3.63) is 46.6 Å². The van der Waals surface area contributed by atoms with Crippen molar-refractivity contribution in [3.63, 3.8) is 0 Å². The summed E-state index contributed by atoms with van der Waals surface area (Å²) in [6, 6.07) is 7.85. The van der Waals surface area contributed by atoms with Crippen LogP contribution in [0.2, 0.25) is 5.02 Å². The van der Waals surface area contributed by atoms with Gasteiger partial charge in [-0.1, -0.05) is 30.2 Å². The highest BCUT2D eigenvalue weighted by Gasteiger charge is 2.45. The molecule has 0 radical (unpaired) electrons. The highest BCUT2D eigenvalue weighted by molar-refractivity contribution is 6.30. The minimum absolute atomic E-state index is 0.0127. The van der Waals surface area contributed by atoms with E-state index < -0.39 is 0 Å². The molecule has 0 bridgehead atoms. The highest BCUT2D eigenvalue weighted by Crippen LogP contribution is 2.48. The molecule has 7 heteroatoms. The van der Waals surface area contributed by atoms with Crippen LogP contribution in [0.25, 0.3) is 0 Å². The quantitative estimate of drug-likeness (QED) is 0.785. The number of nitrogens with zero attached hydrogens (tertiary/aromatic N) is 2. The fraction of sp³-hybridized carbons (Fsp3) is 0.550. The zero-order valence-electron chi connectivity index (χ0n) is 15.2. The Kier molecular flexibility index (Phi) is 5.45. The smallest absolute Gasteiger partial charge is 0.227 e. The number of aromatic nitrogens is 2. The SMILES string of the molecule is O=C(CCc1nnc(C2(c3ccc(Cl)cc3)CCC2)o1)NCC1CCCO1. The van der Waals surface area contributed by atoms with E-state index in [0.29, 0.717) is 36.2 Å². The predicted molar refractivity (Wildman–Crippen MR) is 101 cm³/mol. The molecule has 1 atom stereocenters. The minimum atomic E-state index is -0.210. The number of rotatable bonds is 7. The summed E-state index contributed by atoms with van der Waals surface area (Å²) in [7, 11) is 0. The Bertz CT molecular complexity index is 780. The van der Waals surface area contributed by atoms with E-state index in [0.717, 1.165) is 44.3 Å². The molecule has 1 aliphatic heterocycles. The maximum Gasteiger partial charge on any atom is 0.227 e. The van der Waals surface area contributed by atoms with Gasteiger partial charge in [-0.2, -0.15) is 0 Å². The Morgan fingerprint density at radius 3 is 2.70 bits per heavy atom. The first kappa shape index (κ1) is 18.4. The molecule has 1 aliphatic carbocycles. The first-order valence-electron chi connectivity index (χ1n) is 9.63. The van der Waals surface area contributed by atoms with Gasteiger partial charge in [0.05, 0.1) is 11.5 Å². The molecule has 1 saturated heterocycles. The number of hydrogen-bond acceptors (Lipinski definition) is 5. The molecular formula is C20H24ClN3O3. The van der Waals surface area contributed by atoms with Crippen LogP contribution in [0, 0.1) is 0 Å². The minimum Gasteiger partial charge on any atom is -0.424 e. The van der Waals surface area contributed by atoms with Crippen molar-refractivity contribution in [1.29, 1.82) is 0 Å². The number of benzene rings is 1. The Morgan fingerprint density at radius 2 is 2.04 bits per heavy atom. The van der Waals surface area contributed by atoms with Gasteiger partial charge in [-0.05, 0) is 43.4 Å². The number of ether oxygens (including phenoxy) is 1. The third kappa shape index (κ3) is 4.01. The number of halogens is 1. The number of aryl methyl sites for hydroxylation is 1. The molecule has 4 rings (SSSR count). The maximum atomic E-state index is 12.0.